The van der Waals surface area contributed by atoms with Gasteiger partial charge in [0.25, 0.3) is 0 Å². The van der Waals surface area contributed by atoms with Gasteiger partial charge in [-0.3, -0.25) is 4.79 Å². The molecule has 2 rings (SSSR count). The van der Waals surface area contributed by atoms with Crippen LogP contribution in [0.4, 0.5) is 0 Å². The summed E-state index contributed by atoms with van der Waals surface area (Å²) in [5.41, 5.74) is 0.766. The summed E-state index contributed by atoms with van der Waals surface area (Å²) in [5.74, 6) is 0.174. The van der Waals surface area contributed by atoms with Gasteiger partial charge in [-0.05, 0) is 31.4 Å². The van der Waals surface area contributed by atoms with Gasteiger partial charge in [0.2, 0.25) is 0 Å². The molecule has 3 nitrogen and oxygen atoms in total. The molecule has 1 aromatic carbocycles. The molecule has 1 fully saturated rings. The third-order valence-corrected chi connectivity index (χ3v) is 3.72. The van der Waals surface area contributed by atoms with Crippen molar-refractivity contribution >= 4 is 21.7 Å². The largest absolute Gasteiger partial charge is 0.379 e. The molecule has 4 heteroatoms. The molecule has 1 aliphatic rings. The fourth-order valence-corrected chi connectivity index (χ4v) is 2.37. The van der Waals surface area contributed by atoms with Crippen LogP contribution in [0.5, 0.6) is 0 Å². The van der Waals surface area contributed by atoms with Gasteiger partial charge in [0.1, 0.15) is 0 Å². The van der Waals surface area contributed by atoms with Crippen LogP contribution in [0.3, 0.4) is 0 Å². The molecule has 1 aromatic rings. The summed E-state index contributed by atoms with van der Waals surface area (Å²) in [6.07, 6.45) is 3.80. The molecule has 19 heavy (non-hydrogen) atoms. The van der Waals surface area contributed by atoms with E-state index in [9.17, 15) is 4.79 Å². The van der Waals surface area contributed by atoms with E-state index in [1.807, 2.05) is 24.3 Å². The zero-order chi connectivity index (χ0) is 13.5. The molecule has 0 amide bonds. The van der Waals surface area contributed by atoms with Crippen LogP contribution in [-0.4, -0.2) is 31.7 Å². The lowest BCUT2D eigenvalue weighted by Gasteiger charge is -2.09. The topological polar surface area (TPSA) is 35.5 Å². The van der Waals surface area contributed by atoms with E-state index in [4.69, 9.17) is 9.47 Å². The van der Waals surface area contributed by atoms with Crippen LogP contribution in [-0.2, 0) is 9.47 Å². The highest BCUT2D eigenvalue weighted by molar-refractivity contribution is 9.10. The molecule has 1 aliphatic heterocycles. The lowest BCUT2D eigenvalue weighted by atomic mass is 10.1. The number of ketones is 1. The maximum absolute atomic E-state index is 11.9. The summed E-state index contributed by atoms with van der Waals surface area (Å²) in [6.45, 7) is 2.14. The van der Waals surface area contributed by atoms with Gasteiger partial charge in [-0.15, -0.1) is 0 Å². The Morgan fingerprint density at radius 1 is 1.37 bits per heavy atom. The van der Waals surface area contributed by atoms with Gasteiger partial charge in [0.05, 0.1) is 12.7 Å². The van der Waals surface area contributed by atoms with E-state index in [0.29, 0.717) is 19.6 Å². The number of benzene rings is 1. The zero-order valence-electron chi connectivity index (χ0n) is 10.9. The van der Waals surface area contributed by atoms with Crippen molar-refractivity contribution in [3.63, 3.8) is 0 Å². The average Bonchev–Trinajstić information content (AvgIpc) is 2.92. The van der Waals surface area contributed by atoms with E-state index in [1.165, 1.54) is 0 Å². The molecule has 0 saturated carbocycles. The summed E-state index contributed by atoms with van der Waals surface area (Å²) < 4.78 is 12.0. The normalized spacial score (nSPS) is 18.7. The van der Waals surface area contributed by atoms with Gasteiger partial charge in [-0.25, -0.2) is 0 Å². The first kappa shape index (κ1) is 14.7. The third kappa shape index (κ3) is 5.05. The number of halogens is 1. The van der Waals surface area contributed by atoms with Gasteiger partial charge in [-0.1, -0.05) is 28.1 Å². The Morgan fingerprint density at radius 3 is 2.84 bits per heavy atom. The summed E-state index contributed by atoms with van der Waals surface area (Å²) in [7, 11) is 0. The summed E-state index contributed by atoms with van der Waals surface area (Å²) >= 11 is 3.36. The van der Waals surface area contributed by atoms with Gasteiger partial charge < -0.3 is 9.47 Å². The average molecular weight is 327 g/mol. The Hall–Kier alpha value is -0.710. The van der Waals surface area contributed by atoms with Crippen molar-refractivity contribution in [1.82, 2.24) is 0 Å². The van der Waals surface area contributed by atoms with Crippen molar-refractivity contribution in [3.8, 4) is 0 Å². The molecule has 0 radical (unpaired) electrons. The van der Waals surface area contributed by atoms with Crippen molar-refractivity contribution in [1.29, 1.82) is 0 Å². The summed E-state index contributed by atoms with van der Waals surface area (Å²) in [5, 5.41) is 0. The second-order valence-corrected chi connectivity index (χ2v) is 5.66. The third-order valence-electron chi connectivity index (χ3n) is 3.19. The highest BCUT2D eigenvalue weighted by atomic mass is 79.9. The molecule has 1 unspecified atom stereocenters. The molecule has 1 atom stereocenters. The lowest BCUT2D eigenvalue weighted by molar-refractivity contribution is 0.0163. The number of Topliss-reactive ketones (excluding diaryl/α,β-unsaturated/α-hetero) is 1. The van der Waals surface area contributed by atoms with Crippen LogP contribution in [0.1, 0.15) is 36.0 Å². The van der Waals surface area contributed by atoms with Gasteiger partial charge in [-0.2, -0.15) is 0 Å². The first-order chi connectivity index (χ1) is 9.25. The van der Waals surface area contributed by atoms with Gasteiger partial charge >= 0.3 is 0 Å². The maximum atomic E-state index is 11.9. The number of hydrogen-bond acceptors (Lipinski definition) is 3. The Balaban J connectivity index is 1.59. The maximum Gasteiger partial charge on any atom is 0.162 e. The van der Waals surface area contributed by atoms with Crippen molar-refractivity contribution in [2.75, 3.05) is 19.8 Å². The standard InChI is InChI=1S/C15H19BrO3/c16-13-7-5-12(6-8-13)15(17)4-2-9-18-11-14-3-1-10-19-14/h5-8,14H,1-4,9-11H2. The van der Waals surface area contributed by atoms with E-state index in [1.54, 1.807) is 0 Å². The number of hydrogen-bond donors (Lipinski definition) is 0. The Morgan fingerprint density at radius 2 is 2.16 bits per heavy atom. The van der Waals surface area contributed by atoms with Crippen LogP contribution in [0, 0.1) is 0 Å². The summed E-state index contributed by atoms with van der Waals surface area (Å²) in [6, 6.07) is 7.47. The second-order valence-electron chi connectivity index (χ2n) is 4.74. The smallest absolute Gasteiger partial charge is 0.162 e. The molecule has 0 aliphatic carbocycles. The predicted molar refractivity (Wildman–Crippen MR) is 77.5 cm³/mol. The first-order valence-electron chi connectivity index (χ1n) is 6.74. The van der Waals surface area contributed by atoms with Crippen molar-refractivity contribution < 1.29 is 14.3 Å². The fourth-order valence-electron chi connectivity index (χ4n) is 2.11. The molecule has 0 N–H and O–H groups in total. The minimum atomic E-state index is 0.174. The molecular weight excluding hydrogens is 308 g/mol. The Kier molecular flexibility index (Phi) is 6.01. The van der Waals surface area contributed by atoms with E-state index in [2.05, 4.69) is 15.9 Å². The van der Waals surface area contributed by atoms with E-state index in [0.717, 1.165) is 35.9 Å². The monoisotopic (exact) mass is 326 g/mol. The lowest BCUT2D eigenvalue weighted by Crippen LogP contribution is -2.14. The number of ether oxygens (including phenoxy) is 2. The molecule has 0 bridgehead atoms. The molecule has 104 valence electrons. The minimum Gasteiger partial charge on any atom is -0.379 e. The second kappa shape index (κ2) is 7.78. The number of carbonyl (C=O) groups excluding carboxylic acids is 1. The van der Waals surface area contributed by atoms with Crippen LogP contribution in [0.15, 0.2) is 28.7 Å². The van der Waals surface area contributed by atoms with Crippen LogP contribution < -0.4 is 0 Å². The van der Waals surface area contributed by atoms with E-state index in [-0.39, 0.29) is 11.9 Å². The molecule has 0 spiro atoms. The molecule has 1 saturated heterocycles. The van der Waals surface area contributed by atoms with Crippen LogP contribution in [0.25, 0.3) is 0 Å². The quantitative estimate of drug-likeness (QED) is 0.567. The minimum absolute atomic E-state index is 0.174. The SMILES string of the molecule is O=C(CCCOCC1CCCO1)c1ccc(Br)cc1. The molecule has 1 heterocycles. The highest BCUT2D eigenvalue weighted by Gasteiger charge is 2.15. The van der Waals surface area contributed by atoms with Crippen LogP contribution in [0.2, 0.25) is 0 Å². The van der Waals surface area contributed by atoms with Crippen molar-refractivity contribution in [3.05, 3.63) is 34.3 Å². The highest BCUT2D eigenvalue weighted by Crippen LogP contribution is 2.14. The van der Waals surface area contributed by atoms with E-state index >= 15 is 0 Å². The van der Waals surface area contributed by atoms with E-state index < -0.39 is 0 Å². The summed E-state index contributed by atoms with van der Waals surface area (Å²) in [4.78, 5) is 11.9. The fraction of sp³-hybridized carbons (Fsp3) is 0.533. The van der Waals surface area contributed by atoms with Crippen molar-refractivity contribution in [2.45, 2.75) is 31.8 Å². The van der Waals surface area contributed by atoms with Crippen molar-refractivity contribution in [2.24, 2.45) is 0 Å². The van der Waals surface area contributed by atoms with Gasteiger partial charge in [0, 0.05) is 29.7 Å². The Labute approximate surface area is 122 Å². The first-order valence-corrected chi connectivity index (χ1v) is 7.53. The van der Waals surface area contributed by atoms with Gasteiger partial charge in [0.15, 0.2) is 5.78 Å². The van der Waals surface area contributed by atoms with Crippen LogP contribution >= 0.6 is 15.9 Å². The molecular formula is C15H19BrO3. The molecule has 0 aromatic heterocycles. The number of rotatable bonds is 7. The predicted octanol–water partition coefficient (Wildman–Crippen LogP) is 3.61. The number of carbonyl (C=O) groups is 1. The zero-order valence-corrected chi connectivity index (χ0v) is 12.5. The Bertz CT molecular complexity index is 396.